The summed E-state index contributed by atoms with van der Waals surface area (Å²) in [6.07, 6.45) is 53.1. The maximum absolute atomic E-state index is 12.2. The molecular formula is C45H78O5. The van der Waals surface area contributed by atoms with Crippen LogP contribution < -0.4 is 0 Å². The Balaban J connectivity index is 3.55. The summed E-state index contributed by atoms with van der Waals surface area (Å²) in [6.45, 7) is 3.94. The van der Waals surface area contributed by atoms with Gasteiger partial charge in [-0.25, -0.2) is 0 Å². The van der Waals surface area contributed by atoms with Gasteiger partial charge in [0.05, 0.1) is 6.61 Å². The highest BCUT2D eigenvalue weighted by molar-refractivity contribution is 5.70. The smallest absolute Gasteiger partial charge is 0.306 e. The van der Waals surface area contributed by atoms with E-state index >= 15 is 0 Å². The van der Waals surface area contributed by atoms with E-state index in [9.17, 15) is 14.7 Å². The highest BCUT2D eigenvalue weighted by Crippen LogP contribution is 2.16. The maximum Gasteiger partial charge on any atom is 0.306 e. The minimum absolute atomic E-state index is 0.103. The summed E-state index contributed by atoms with van der Waals surface area (Å²) in [5.41, 5.74) is 0. The number of rotatable bonds is 37. The first-order chi connectivity index (χ1) is 24.6. The number of carbonyl (C=O) groups is 2. The van der Waals surface area contributed by atoms with E-state index in [1.165, 1.54) is 128 Å². The molecule has 0 aromatic heterocycles. The molecule has 0 aliphatic rings. The van der Waals surface area contributed by atoms with Crippen LogP contribution in [-0.2, 0) is 19.1 Å². The lowest BCUT2D eigenvalue weighted by molar-refractivity contribution is -0.161. The van der Waals surface area contributed by atoms with Crippen molar-refractivity contribution in [2.75, 3.05) is 13.2 Å². The lowest BCUT2D eigenvalue weighted by Crippen LogP contribution is -2.28. The van der Waals surface area contributed by atoms with Gasteiger partial charge in [-0.2, -0.15) is 0 Å². The van der Waals surface area contributed by atoms with Crippen molar-refractivity contribution in [1.29, 1.82) is 0 Å². The van der Waals surface area contributed by atoms with Gasteiger partial charge in [0.25, 0.3) is 0 Å². The van der Waals surface area contributed by atoms with Crippen LogP contribution in [0.4, 0.5) is 0 Å². The van der Waals surface area contributed by atoms with Crippen molar-refractivity contribution in [2.45, 2.75) is 200 Å². The Morgan fingerprint density at radius 3 is 1.28 bits per heavy atom. The van der Waals surface area contributed by atoms with Gasteiger partial charge in [0.15, 0.2) is 6.10 Å². The van der Waals surface area contributed by atoms with E-state index in [1.54, 1.807) is 0 Å². The molecule has 0 spiro atoms. The average Bonchev–Trinajstić information content (AvgIpc) is 3.12. The maximum atomic E-state index is 12.2. The molecule has 5 nitrogen and oxygen atoms in total. The van der Waals surface area contributed by atoms with Crippen molar-refractivity contribution < 1.29 is 24.2 Å². The van der Waals surface area contributed by atoms with Crippen molar-refractivity contribution in [1.82, 2.24) is 0 Å². The van der Waals surface area contributed by atoms with Crippen LogP contribution in [0.25, 0.3) is 0 Å². The van der Waals surface area contributed by atoms with E-state index < -0.39 is 6.10 Å². The minimum Gasteiger partial charge on any atom is -0.462 e. The Hall–Kier alpha value is -2.40. The summed E-state index contributed by atoms with van der Waals surface area (Å²) >= 11 is 0. The van der Waals surface area contributed by atoms with Crippen molar-refractivity contribution >= 4 is 11.9 Å². The van der Waals surface area contributed by atoms with Gasteiger partial charge >= 0.3 is 11.9 Å². The summed E-state index contributed by atoms with van der Waals surface area (Å²) < 4.78 is 10.5. The predicted octanol–water partition coefficient (Wildman–Crippen LogP) is 13.2. The molecule has 1 atom stereocenters. The number of aliphatic hydroxyl groups is 1. The fourth-order valence-electron chi connectivity index (χ4n) is 5.82. The molecule has 1 unspecified atom stereocenters. The number of hydrogen-bond acceptors (Lipinski definition) is 5. The molecule has 0 heterocycles. The molecule has 288 valence electrons. The zero-order chi connectivity index (χ0) is 36.4. The number of aliphatic hydroxyl groups excluding tert-OH is 1. The van der Waals surface area contributed by atoms with E-state index in [0.717, 1.165) is 32.1 Å². The van der Waals surface area contributed by atoms with Gasteiger partial charge in [-0.05, 0) is 25.7 Å². The second-order valence-electron chi connectivity index (χ2n) is 13.8. The van der Waals surface area contributed by atoms with Crippen molar-refractivity contribution in [3.63, 3.8) is 0 Å². The van der Waals surface area contributed by atoms with Gasteiger partial charge in [-0.3, -0.25) is 9.59 Å². The van der Waals surface area contributed by atoms with Crippen LogP contribution >= 0.6 is 0 Å². The second-order valence-corrected chi connectivity index (χ2v) is 13.8. The molecule has 0 aromatic carbocycles. The third kappa shape index (κ3) is 38.4. The lowest BCUT2D eigenvalue weighted by atomic mass is 10.0. The summed E-state index contributed by atoms with van der Waals surface area (Å²) in [5, 5.41) is 9.55. The summed E-state index contributed by atoms with van der Waals surface area (Å²) in [7, 11) is 0. The van der Waals surface area contributed by atoms with Crippen LogP contribution in [0.2, 0.25) is 0 Å². The molecule has 5 heteroatoms. The monoisotopic (exact) mass is 699 g/mol. The molecule has 0 amide bonds. The van der Waals surface area contributed by atoms with Crippen molar-refractivity contribution in [3.05, 3.63) is 60.8 Å². The fraction of sp³-hybridized carbons (Fsp3) is 0.733. The van der Waals surface area contributed by atoms with Crippen LogP contribution in [0.1, 0.15) is 194 Å². The number of carbonyl (C=O) groups excluding carboxylic acids is 2. The van der Waals surface area contributed by atoms with E-state index in [2.05, 4.69) is 19.9 Å². The average molecular weight is 699 g/mol. The molecular weight excluding hydrogens is 620 g/mol. The first-order valence-electron chi connectivity index (χ1n) is 20.9. The van der Waals surface area contributed by atoms with Crippen molar-refractivity contribution in [3.8, 4) is 0 Å². The third-order valence-corrected chi connectivity index (χ3v) is 8.95. The van der Waals surface area contributed by atoms with Gasteiger partial charge in [0, 0.05) is 12.8 Å². The quantitative estimate of drug-likeness (QED) is 0.0397. The third-order valence-electron chi connectivity index (χ3n) is 8.95. The lowest BCUT2D eigenvalue weighted by Gasteiger charge is -2.15. The highest BCUT2D eigenvalue weighted by Gasteiger charge is 2.16. The molecule has 0 aromatic rings. The number of ether oxygens (including phenoxy) is 2. The Morgan fingerprint density at radius 1 is 0.480 bits per heavy atom. The van der Waals surface area contributed by atoms with Crippen molar-refractivity contribution in [2.24, 2.45) is 0 Å². The summed E-state index contributed by atoms with van der Waals surface area (Å²) in [5.74, 6) is -0.675. The molecule has 0 aliphatic carbocycles. The Labute approximate surface area is 309 Å². The molecule has 0 fully saturated rings. The van der Waals surface area contributed by atoms with Gasteiger partial charge in [-0.1, -0.05) is 216 Å². The van der Waals surface area contributed by atoms with E-state index in [1.807, 2.05) is 54.7 Å². The molecule has 0 saturated carbocycles. The second kappa shape index (κ2) is 41.0. The number of unbranched alkanes of at least 4 members (excludes halogenated alkanes) is 23. The zero-order valence-electron chi connectivity index (χ0n) is 32.6. The van der Waals surface area contributed by atoms with Crippen LogP contribution in [-0.4, -0.2) is 36.4 Å². The van der Waals surface area contributed by atoms with Gasteiger partial charge in [0.1, 0.15) is 6.61 Å². The number of allylic oxidation sites excluding steroid dienone is 10. The molecule has 0 bridgehead atoms. The summed E-state index contributed by atoms with van der Waals surface area (Å²) in [4.78, 5) is 24.2. The molecule has 1 N–H and O–H groups in total. The number of esters is 2. The van der Waals surface area contributed by atoms with Gasteiger partial charge in [-0.15, -0.1) is 0 Å². The Morgan fingerprint density at radius 2 is 0.860 bits per heavy atom. The van der Waals surface area contributed by atoms with Crippen LogP contribution in [0.15, 0.2) is 60.8 Å². The standard InChI is InChI=1S/C45H78O5/c1-3-5-7-9-11-13-15-17-18-19-20-21-22-23-24-25-26-28-30-32-34-36-38-40-45(48)50-43(41-46)42-49-44(47)39-37-35-33-31-29-27-16-14-12-10-8-6-4-2/h6,8,10,12,14,16,27,29,31,33,43,46H,3-5,7,9,11,13,15,17-26,28,30,32,34-42H2,1-2H3/b8-6+,12-10+,16-14+,29-27+,33-31+. The normalized spacial score (nSPS) is 12.8. The number of hydrogen-bond donors (Lipinski definition) is 1. The summed E-state index contributed by atoms with van der Waals surface area (Å²) in [6, 6.07) is 0. The first kappa shape index (κ1) is 47.6. The predicted molar refractivity (Wildman–Crippen MR) is 214 cm³/mol. The molecule has 0 radical (unpaired) electrons. The SMILES string of the molecule is CC/C=C/C=C/C=C/C=C/C=C/CCCC(=O)OCC(CO)OC(=O)CCCCCCCCCCCCCCCCCCCCCCCCC. The van der Waals surface area contributed by atoms with Crippen LogP contribution in [0.5, 0.6) is 0 Å². The van der Waals surface area contributed by atoms with E-state index in [4.69, 9.17) is 9.47 Å². The van der Waals surface area contributed by atoms with Crippen LogP contribution in [0.3, 0.4) is 0 Å². The Bertz CT molecular complexity index is 884. The van der Waals surface area contributed by atoms with E-state index in [-0.39, 0.29) is 31.6 Å². The molecule has 50 heavy (non-hydrogen) atoms. The minimum atomic E-state index is -0.799. The van der Waals surface area contributed by atoms with Gasteiger partial charge < -0.3 is 14.6 Å². The molecule has 0 saturated heterocycles. The van der Waals surface area contributed by atoms with Gasteiger partial charge in [0.2, 0.25) is 0 Å². The first-order valence-corrected chi connectivity index (χ1v) is 20.9. The molecule has 0 aliphatic heterocycles. The highest BCUT2D eigenvalue weighted by atomic mass is 16.6. The fourth-order valence-corrected chi connectivity index (χ4v) is 5.82. The zero-order valence-corrected chi connectivity index (χ0v) is 32.6. The van der Waals surface area contributed by atoms with E-state index in [0.29, 0.717) is 12.8 Å². The largest absolute Gasteiger partial charge is 0.462 e. The Kier molecular flexibility index (Phi) is 39.1. The topological polar surface area (TPSA) is 72.8 Å². The van der Waals surface area contributed by atoms with Crippen LogP contribution in [0, 0.1) is 0 Å². The molecule has 0 rings (SSSR count).